The van der Waals surface area contributed by atoms with Gasteiger partial charge in [-0.15, -0.1) is 0 Å². The third-order valence-electron chi connectivity index (χ3n) is 9.85. The van der Waals surface area contributed by atoms with E-state index >= 15 is 0 Å². The van der Waals surface area contributed by atoms with Crippen LogP contribution in [0, 0.1) is 27.7 Å². The Bertz CT molecular complexity index is 1030. The van der Waals surface area contributed by atoms with Crippen molar-refractivity contribution in [3.05, 3.63) is 57.6 Å². The lowest BCUT2D eigenvalue weighted by Crippen LogP contribution is -2.26. The molecule has 0 atom stereocenters. The van der Waals surface area contributed by atoms with E-state index in [1.54, 1.807) is 0 Å². The number of aromatic hydroxyl groups is 2. The lowest BCUT2D eigenvalue weighted by atomic mass is 9.71. The lowest BCUT2D eigenvalue weighted by Gasteiger charge is -2.32. The summed E-state index contributed by atoms with van der Waals surface area (Å²) in [7, 11) is 0. The summed E-state index contributed by atoms with van der Waals surface area (Å²) in [4.78, 5) is 12.8. The number of ether oxygens (including phenoxy) is 1. The van der Waals surface area contributed by atoms with Crippen molar-refractivity contribution in [2.45, 2.75) is 175 Å². The molecule has 2 rings (SSSR count). The molecule has 0 aliphatic rings. The summed E-state index contributed by atoms with van der Waals surface area (Å²) in [6, 6.07) is 8.07. The minimum Gasteiger partial charge on any atom is -0.507 e. The Hall–Kier alpha value is -2.49. The molecule has 0 amide bonds. The van der Waals surface area contributed by atoms with Gasteiger partial charge >= 0.3 is 5.97 Å². The number of unbranched alkanes of at least 4 members (excludes halogenated alkanes) is 17. The van der Waals surface area contributed by atoms with Crippen molar-refractivity contribution in [1.82, 2.24) is 0 Å². The number of phenolic OH excluding ortho intramolecular Hbond substituents is 2. The number of hydrogen-bond donors (Lipinski definition) is 2. The van der Waals surface area contributed by atoms with Crippen LogP contribution in [0.25, 0.3) is 0 Å². The molecular formula is C41H66O4. The van der Waals surface area contributed by atoms with E-state index in [1.807, 2.05) is 52.0 Å². The molecule has 2 aromatic carbocycles. The standard InChI is InChI=1S/C41H66O4/c1-7-8-9-10-11-12-13-14-15-16-17-18-19-20-21-22-23-24-27-45-38(42)25-26-41(6,36-28-32(2)39(43)33(3)29-36)37-30-34(4)40(44)35(5)31-37/h28-31,43-44H,7-27H2,1-6H3. The monoisotopic (exact) mass is 622 g/mol. The van der Waals surface area contributed by atoms with Gasteiger partial charge in [-0.05, 0) is 73.9 Å². The second-order valence-corrected chi connectivity index (χ2v) is 14.0. The van der Waals surface area contributed by atoms with E-state index in [0.29, 0.717) is 30.9 Å². The van der Waals surface area contributed by atoms with Crippen molar-refractivity contribution in [2.24, 2.45) is 0 Å². The molecule has 0 saturated carbocycles. The Balaban J connectivity index is 1.64. The third kappa shape index (κ3) is 13.8. The van der Waals surface area contributed by atoms with Crippen LogP contribution in [0.3, 0.4) is 0 Å². The number of rotatable bonds is 24. The summed E-state index contributed by atoms with van der Waals surface area (Å²) in [5.41, 5.74) is 4.91. The van der Waals surface area contributed by atoms with Gasteiger partial charge in [-0.3, -0.25) is 4.79 Å². The average Bonchev–Trinajstić information content (AvgIpc) is 3.01. The van der Waals surface area contributed by atoms with Crippen molar-refractivity contribution in [2.75, 3.05) is 6.61 Å². The summed E-state index contributed by atoms with van der Waals surface area (Å²) < 4.78 is 5.65. The van der Waals surface area contributed by atoms with Crippen molar-refractivity contribution < 1.29 is 19.7 Å². The highest BCUT2D eigenvalue weighted by Crippen LogP contribution is 2.41. The predicted molar refractivity (Wildman–Crippen MR) is 191 cm³/mol. The Morgan fingerprint density at radius 3 is 1.22 bits per heavy atom. The molecule has 0 saturated heterocycles. The molecule has 0 heterocycles. The maximum Gasteiger partial charge on any atom is 0.305 e. The highest BCUT2D eigenvalue weighted by molar-refractivity contribution is 5.70. The van der Waals surface area contributed by atoms with Gasteiger partial charge < -0.3 is 14.9 Å². The molecule has 254 valence electrons. The zero-order chi connectivity index (χ0) is 33.1. The van der Waals surface area contributed by atoms with E-state index in [2.05, 4.69) is 13.8 Å². The molecule has 0 radical (unpaired) electrons. The van der Waals surface area contributed by atoms with Gasteiger partial charge in [-0.1, -0.05) is 147 Å². The average molecular weight is 623 g/mol. The smallest absolute Gasteiger partial charge is 0.305 e. The Morgan fingerprint density at radius 1 is 0.578 bits per heavy atom. The number of esters is 1. The number of benzene rings is 2. The van der Waals surface area contributed by atoms with Gasteiger partial charge in [0.2, 0.25) is 0 Å². The first-order chi connectivity index (χ1) is 21.6. The van der Waals surface area contributed by atoms with Crippen LogP contribution in [0.15, 0.2) is 24.3 Å². The quantitative estimate of drug-likeness (QED) is 0.0903. The second-order valence-electron chi connectivity index (χ2n) is 14.0. The Labute approximate surface area is 276 Å². The van der Waals surface area contributed by atoms with Gasteiger partial charge in [0.1, 0.15) is 11.5 Å². The van der Waals surface area contributed by atoms with E-state index in [-0.39, 0.29) is 5.97 Å². The highest BCUT2D eigenvalue weighted by Gasteiger charge is 2.32. The van der Waals surface area contributed by atoms with Crippen molar-refractivity contribution >= 4 is 5.97 Å². The summed E-state index contributed by atoms with van der Waals surface area (Å²) >= 11 is 0. The normalized spacial score (nSPS) is 11.7. The molecule has 45 heavy (non-hydrogen) atoms. The zero-order valence-corrected chi connectivity index (χ0v) is 29.9. The first-order valence-corrected chi connectivity index (χ1v) is 18.4. The zero-order valence-electron chi connectivity index (χ0n) is 29.9. The van der Waals surface area contributed by atoms with Gasteiger partial charge in [-0.2, -0.15) is 0 Å². The predicted octanol–water partition coefficient (Wildman–Crippen LogP) is 12.0. The van der Waals surface area contributed by atoms with Crippen LogP contribution in [-0.4, -0.2) is 22.8 Å². The van der Waals surface area contributed by atoms with Crippen LogP contribution in [0.1, 0.15) is 176 Å². The number of phenols is 2. The van der Waals surface area contributed by atoms with Crippen molar-refractivity contribution in [3.63, 3.8) is 0 Å². The lowest BCUT2D eigenvalue weighted by molar-refractivity contribution is -0.144. The Morgan fingerprint density at radius 2 is 0.889 bits per heavy atom. The molecule has 0 aliphatic heterocycles. The molecule has 0 spiro atoms. The third-order valence-corrected chi connectivity index (χ3v) is 9.85. The minimum atomic E-state index is -0.473. The fourth-order valence-corrected chi connectivity index (χ4v) is 6.62. The molecule has 2 aromatic rings. The summed E-state index contributed by atoms with van der Waals surface area (Å²) in [6.45, 7) is 12.6. The van der Waals surface area contributed by atoms with Crippen LogP contribution in [0.4, 0.5) is 0 Å². The Kier molecular flexibility index (Phi) is 18.3. The largest absolute Gasteiger partial charge is 0.507 e. The molecule has 4 nitrogen and oxygen atoms in total. The molecule has 0 aliphatic carbocycles. The first kappa shape index (κ1) is 38.7. The topological polar surface area (TPSA) is 66.8 Å². The van der Waals surface area contributed by atoms with E-state index in [9.17, 15) is 15.0 Å². The fraction of sp³-hybridized carbons (Fsp3) is 0.683. The van der Waals surface area contributed by atoms with Crippen molar-refractivity contribution in [3.8, 4) is 11.5 Å². The molecule has 2 N–H and O–H groups in total. The van der Waals surface area contributed by atoms with Crippen LogP contribution in [-0.2, 0) is 14.9 Å². The molecule has 0 aromatic heterocycles. The van der Waals surface area contributed by atoms with E-state index in [4.69, 9.17) is 4.74 Å². The maximum atomic E-state index is 12.8. The van der Waals surface area contributed by atoms with E-state index < -0.39 is 5.41 Å². The number of carbonyl (C=O) groups is 1. The van der Waals surface area contributed by atoms with Crippen LogP contribution >= 0.6 is 0 Å². The summed E-state index contributed by atoms with van der Waals surface area (Å²) in [6.07, 6.45) is 25.0. The molecule has 0 bridgehead atoms. The van der Waals surface area contributed by atoms with Crippen LogP contribution in [0.5, 0.6) is 11.5 Å². The molecule has 4 heteroatoms. The van der Waals surface area contributed by atoms with Gasteiger partial charge in [0.05, 0.1) is 6.61 Å². The number of carbonyl (C=O) groups excluding carboxylic acids is 1. The van der Waals surface area contributed by atoms with Gasteiger partial charge in [0, 0.05) is 11.8 Å². The minimum absolute atomic E-state index is 0.160. The highest BCUT2D eigenvalue weighted by atomic mass is 16.5. The summed E-state index contributed by atoms with van der Waals surface area (Å²) in [5.74, 6) is 0.457. The fourth-order valence-electron chi connectivity index (χ4n) is 6.62. The van der Waals surface area contributed by atoms with E-state index in [1.165, 1.54) is 103 Å². The summed E-state index contributed by atoms with van der Waals surface area (Å²) in [5, 5.41) is 20.8. The number of hydrogen-bond acceptors (Lipinski definition) is 4. The first-order valence-electron chi connectivity index (χ1n) is 18.4. The second kappa shape index (κ2) is 21.3. The SMILES string of the molecule is CCCCCCCCCCCCCCCCCCCCOC(=O)CCC(C)(c1cc(C)c(O)c(C)c1)c1cc(C)c(O)c(C)c1. The van der Waals surface area contributed by atoms with Crippen LogP contribution in [0.2, 0.25) is 0 Å². The van der Waals surface area contributed by atoms with Gasteiger partial charge in [-0.25, -0.2) is 0 Å². The molecular weight excluding hydrogens is 556 g/mol. The van der Waals surface area contributed by atoms with E-state index in [0.717, 1.165) is 46.2 Å². The number of aryl methyl sites for hydroxylation is 4. The maximum absolute atomic E-state index is 12.8. The van der Waals surface area contributed by atoms with Crippen molar-refractivity contribution in [1.29, 1.82) is 0 Å². The van der Waals surface area contributed by atoms with Gasteiger partial charge in [0.25, 0.3) is 0 Å². The van der Waals surface area contributed by atoms with Gasteiger partial charge in [0.15, 0.2) is 0 Å². The molecule has 0 fully saturated rings. The van der Waals surface area contributed by atoms with Crippen LogP contribution < -0.4 is 0 Å². The molecule has 0 unspecified atom stereocenters.